The van der Waals surface area contributed by atoms with Gasteiger partial charge in [-0.05, 0) is 36.8 Å². The van der Waals surface area contributed by atoms with Crippen LogP contribution >= 0.6 is 0 Å². The standard InChI is InChI=1S/C17H27N3O2/c1-12(2)15(11-21)19-16-5-4-14(10-18-16)17(22)20-8-6-13(3)7-9-20/h4-5,10,12-13,15,21H,6-9,11H2,1-3H3,(H,18,19)/t15-/m1/s1. The average Bonchev–Trinajstić information content (AvgIpc) is 2.53. The maximum Gasteiger partial charge on any atom is 0.255 e. The van der Waals surface area contributed by atoms with Gasteiger partial charge in [0.05, 0.1) is 18.2 Å². The molecule has 122 valence electrons. The normalized spacial score (nSPS) is 17.6. The molecule has 2 N–H and O–H groups in total. The van der Waals surface area contributed by atoms with E-state index in [2.05, 4.69) is 17.2 Å². The van der Waals surface area contributed by atoms with Gasteiger partial charge >= 0.3 is 0 Å². The van der Waals surface area contributed by atoms with Crippen molar-refractivity contribution in [3.8, 4) is 0 Å². The summed E-state index contributed by atoms with van der Waals surface area (Å²) in [5.41, 5.74) is 0.630. The fourth-order valence-electron chi connectivity index (χ4n) is 2.61. The van der Waals surface area contributed by atoms with Gasteiger partial charge in [0, 0.05) is 19.3 Å². The summed E-state index contributed by atoms with van der Waals surface area (Å²) in [6.45, 7) is 8.05. The van der Waals surface area contributed by atoms with E-state index in [1.807, 2.05) is 30.9 Å². The van der Waals surface area contributed by atoms with Crippen molar-refractivity contribution in [3.63, 3.8) is 0 Å². The molecule has 0 spiro atoms. The molecule has 1 saturated heterocycles. The predicted octanol–water partition coefficient (Wildman–Crippen LogP) is 2.38. The van der Waals surface area contributed by atoms with Gasteiger partial charge in [0.1, 0.15) is 5.82 Å². The van der Waals surface area contributed by atoms with Gasteiger partial charge < -0.3 is 15.3 Å². The van der Waals surface area contributed by atoms with E-state index in [1.54, 1.807) is 6.20 Å². The van der Waals surface area contributed by atoms with Gasteiger partial charge in [-0.3, -0.25) is 4.79 Å². The number of aliphatic hydroxyl groups is 1. The third-order valence-electron chi connectivity index (χ3n) is 4.42. The fraction of sp³-hybridized carbons (Fsp3) is 0.647. The smallest absolute Gasteiger partial charge is 0.255 e. The Labute approximate surface area is 132 Å². The van der Waals surface area contributed by atoms with Crippen molar-refractivity contribution in [1.29, 1.82) is 0 Å². The van der Waals surface area contributed by atoms with Crippen molar-refractivity contribution >= 4 is 11.7 Å². The summed E-state index contributed by atoms with van der Waals surface area (Å²) in [7, 11) is 0. The molecule has 2 rings (SSSR count). The highest BCUT2D eigenvalue weighted by molar-refractivity contribution is 5.94. The Hall–Kier alpha value is -1.62. The zero-order chi connectivity index (χ0) is 16.1. The number of anilines is 1. The second-order valence-corrected chi connectivity index (χ2v) is 6.58. The Bertz CT molecular complexity index is 479. The third-order valence-corrected chi connectivity index (χ3v) is 4.42. The van der Waals surface area contributed by atoms with Gasteiger partial charge in [-0.15, -0.1) is 0 Å². The molecule has 0 aromatic carbocycles. The molecule has 0 unspecified atom stereocenters. The van der Waals surface area contributed by atoms with Crippen molar-refractivity contribution in [2.75, 3.05) is 25.0 Å². The van der Waals surface area contributed by atoms with Crippen LogP contribution in [-0.4, -0.2) is 46.6 Å². The van der Waals surface area contributed by atoms with Crippen LogP contribution in [0.25, 0.3) is 0 Å². The SMILES string of the molecule is CC1CCN(C(=O)c2ccc(N[C@H](CO)C(C)C)nc2)CC1. The van der Waals surface area contributed by atoms with Crippen molar-refractivity contribution in [1.82, 2.24) is 9.88 Å². The molecule has 0 saturated carbocycles. The van der Waals surface area contributed by atoms with Crippen LogP contribution in [0.2, 0.25) is 0 Å². The first-order valence-corrected chi connectivity index (χ1v) is 8.14. The van der Waals surface area contributed by atoms with E-state index < -0.39 is 0 Å². The van der Waals surface area contributed by atoms with Crippen LogP contribution in [0.3, 0.4) is 0 Å². The lowest BCUT2D eigenvalue weighted by molar-refractivity contribution is 0.0697. The summed E-state index contributed by atoms with van der Waals surface area (Å²) in [5.74, 6) is 1.77. The number of hydrogen-bond acceptors (Lipinski definition) is 4. The van der Waals surface area contributed by atoms with E-state index in [0.29, 0.717) is 23.2 Å². The molecule has 1 amide bonds. The molecule has 1 atom stereocenters. The first-order chi connectivity index (χ1) is 10.5. The van der Waals surface area contributed by atoms with Crippen LogP contribution in [0.4, 0.5) is 5.82 Å². The highest BCUT2D eigenvalue weighted by Crippen LogP contribution is 2.18. The lowest BCUT2D eigenvalue weighted by atomic mass is 9.99. The fourth-order valence-corrected chi connectivity index (χ4v) is 2.61. The summed E-state index contributed by atoms with van der Waals surface area (Å²) in [4.78, 5) is 18.7. The molecule has 1 aromatic rings. The van der Waals surface area contributed by atoms with Gasteiger partial charge in [0.15, 0.2) is 0 Å². The second kappa shape index (κ2) is 7.58. The Morgan fingerprint density at radius 1 is 1.41 bits per heavy atom. The van der Waals surface area contributed by atoms with Gasteiger partial charge in [-0.25, -0.2) is 4.98 Å². The number of carbonyl (C=O) groups excluding carboxylic acids is 1. The molecule has 0 radical (unpaired) electrons. The minimum absolute atomic E-state index is 0.0300. The molecule has 1 fully saturated rings. The molecule has 0 aliphatic carbocycles. The van der Waals surface area contributed by atoms with E-state index in [1.165, 1.54) is 0 Å². The topological polar surface area (TPSA) is 65.5 Å². The van der Waals surface area contributed by atoms with Gasteiger partial charge in [-0.2, -0.15) is 0 Å². The summed E-state index contributed by atoms with van der Waals surface area (Å²) >= 11 is 0. The highest BCUT2D eigenvalue weighted by atomic mass is 16.3. The zero-order valence-corrected chi connectivity index (χ0v) is 13.7. The average molecular weight is 305 g/mol. The van der Waals surface area contributed by atoms with Crippen LogP contribution in [-0.2, 0) is 0 Å². The van der Waals surface area contributed by atoms with Gasteiger partial charge in [-0.1, -0.05) is 20.8 Å². The number of likely N-dealkylation sites (tertiary alicyclic amines) is 1. The lowest BCUT2D eigenvalue weighted by Gasteiger charge is -2.30. The number of nitrogens with one attached hydrogen (secondary N) is 1. The molecule has 1 aliphatic heterocycles. The molecule has 22 heavy (non-hydrogen) atoms. The number of nitrogens with zero attached hydrogens (tertiary/aromatic N) is 2. The van der Waals surface area contributed by atoms with Crippen LogP contribution in [0.5, 0.6) is 0 Å². The maximum absolute atomic E-state index is 12.4. The third kappa shape index (κ3) is 4.19. The van der Waals surface area contributed by atoms with Crippen LogP contribution in [0.15, 0.2) is 18.3 Å². The van der Waals surface area contributed by atoms with E-state index >= 15 is 0 Å². The van der Waals surface area contributed by atoms with E-state index in [-0.39, 0.29) is 18.6 Å². The molecular formula is C17H27N3O2. The Morgan fingerprint density at radius 3 is 2.59 bits per heavy atom. The molecule has 5 heteroatoms. The minimum atomic E-state index is -0.0300. The number of hydrogen-bond donors (Lipinski definition) is 2. The molecule has 5 nitrogen and oxygen atoms in total. The van der Waals surface area contributed by atoms with Crippen molar-refractivity contribution < 1.29 is 9.90 Å². The molecular weight excluding hydrogens is 278 g/mol. The van der Waals surface area contributed by atoms with Crippen molar-refractivity contribution in [3.05, 3.63) is 23.9 Å². The number of amides is 1. The van der Waals surface area contributed by atoms with Gasteiger partial charge in [0.25, 0.3) is 5.91 Å². The number of pyridine rings is 1. The van der Waals surface area contributed by atoms with E-state index in [9.17, 15) is 9.90 Å². The lowest BCUT2D eigenvalue weighted by Crippen LogP contribution is -2.38. The second-order valence-electron chi connectivity index (χ2n) is 6.58. The van der Waals surface area contributed by atoms with Gasteiger partial charge in [0.2, 0.25) is 0 Å². The van der Waals surface area contributed by atoms with Crippen LogP contribution in [0, 0.1) is 11.8 Å². The number of carbonyl (C=O) groups is 1. The molecule has 0 bridgehead atoms. The Kier molecular flexibility index (Phi) is 5.77. The van der Waals surface area contributed by atoms with Crippen LogP contribution < -0.4 is 5.32 Å². The number of aliphatic hydroxyl groups excluding tert-OH is 1. The maximum atomic E-state index is 12.4. The first kappa shape index (κ1) is 16.7. The molecule has 2 heterocycles. The first-order valence-electron chi connectivity index (χ1n) is 8.14. The largest absolute Gasteiger partial charge is 0.394 e. The molecule has 1 aromatic heterocycles. The zero-order valence-electron chi connectivity index (χ0n) is 13.7. The number of piperidine rings is 1. The summed E-state index contributed by atoms with van der Waals surface area (Å²) < 4.78 is 0. The number of aromatic nitrogens is 1. The van der Waals surface area contributed by atoms with Crippen LogP contribution in [0.1, 0.15) is 44.0 Å². The molecule has 1 aliphatic rings. The summed E-state index contributed by atoms with van der Waals surface area (Å²) in [5, 5.41) is 12.5. The Morgan fingerprint density at radius 2 is 2.09 bits per heavy atom. The van der Waals surface area contributed by atoms with Crippen molar-refractivity contribution in [2.45, 2.75) is 39.7 Å². The highest BCUT2D eigenvalue weighted by Gasteiger charge is 2.21. The quantitative estimate of drug-likeness (QED) is 0.876. The summed E-state index contributed by atoms with van der Waals surface area (Å²) in [6, 6.07) is 3.59. The number of rotatable bonds is 5. The van der Waals surface area contributed by atoms with E-state index in [0.717, 1.165) is 25.9 Å². The predicted molar refractivity (Wildman–Crippen MR) is 87.9 cm³/mol. The minimum Gasteiger partial charge on any atom is -0.394 e. The summed E-state index contributed by atoms with van der Waals surface area (Å²) in [6.07, 6.45) is 3.77. The monoisotopic (exact) mass is 305 g/mol. The van der Waals surface area contributed by atoms with E-state index in [4.69, 9.17) is 0 Å². The van der Waals surface area contributed by atoms with Crippen molar-refractivity contribution in [2.24, 2.45) is 11.8 Å². The Balaban J connectivity index is 1.97.